The molecule has 316 valence electrons. The number of ether oxygens (including phenoxy) is 1. The molecule has 53 heavy (non-hydrogen) atoms. The molecule has 2 atom stereocenters. The van der Waals surface area contributed by atoms with Crippen molar-refractivity contribution >= 4 is 11.9 Å². The van der Waals surface area contributed by atoms with Crippen molar-refractivity contribution in [2.45, 2.75) is 245 Å². The maximum Gasteiger partial charge on any atom is 1.00 e. The van der Waals surface area contributed by atoms with E-state index in [0.29, 0.717) is 19.3 Å². The maximum absolute atomic E-state index is 11.4. The van der Waals surface area contributed by atoms with Gasteiger partial charge in [-0.2, -0.15) is 0 Å². The second-order valence-electron chi connectivity index (χ2n) is 14.7. The third-order valence-electron chi connectivity index (χ3n) is 9.17. The van der Waals surface area contributed by atoms with E-state index in [4.69, 9.17) is 30.3 Å². The van der Waals surface area contributed by atoms with Crippen LogP contribution in [0.4, 0.5) is 0 Å². The minimum Gasteiger partial charge on any atom is -0.870 e. The minimum atomic E-state index is -0.954. The molecule has 0 heterocycles. The van der Waals surface area contributed by atoms with Crippen molar-refractivity contribution in [1.29, 1.82) is 0 Å². The monoisotopic (exact) mass is 773 g/mol. The number of unbranched alkanes of at least 4 members (excludes halogenated alkanes) is 28. The zero-order valence-electron chi connectivity index (χ0n) is 35.5. The largest absolute Gasteiger partial charge is 1.00 e. The van der Waals surface area contributed by atoms with E-state index in [0.717, 1.165) is 25.7 Å². The van der Waals surface area contributed by atoms with Gasteiger partial charge in [-0.25, -0.2) is 0 Å². The molecule has 0 saturated carbocycles. The summed E-state index contributed by atoms with van der Waals surface area (Å²) in [6.07, 6.45) is 39.4. The summed E-state index contributed by atoms with van der Waals surface area (Å²) >= 11 is 0. The Kier molecular flexibility index (Phi) is 65.5. The Labute approximate surface area is 349 Å². The molecule has 0 fully saturated rings. The number of carboxylic acids is 1. The second-order valence-corrected chi connectivity index (χ2v) is 14.7. The molecule has 0 spiro atoms. The molecule has 0 aliphatic carbocycles. The number of carboxylic acid groups (broad SMARTS) is 1. The van der Waals surface area contributed by atoms with E-state index in [9.17, 15) is 9.59 Å². The Morgan fingerprint density at radius 1 is 0.509 bits per heavy atom. The van der Waals surface area contributed by atoms with Crippen LogP contribution in [0, 0.1) is 0 Å². The van der Waals surface area contributed by atoms with E-state index < -0.39 is 12.1 Å². The fraction of sp³-hybridized carbons (Fsp3) is 0.953. The van der Waals surface area contributed by atoms with Gasteiger partial charge in [0.1, 0.15) is 12.7 Å². The summed E-state index contributed by atoms with van der Waals surface area (Å²) < 4.78 is 4.86. The Balaban J connectivity index is -0.000000246. The van der Waals surface area contributed by atoms with E-state index in [1.165, 1.54) is 167 Å². The standard InChI is InChI=1S/C21H42O4.C18H36O2.C4H10O2.Na.H2O/c1-2-3-4-5-6-7-8-9-10-11-12-13-14-15-16-17-21(24)25-19-20(23)18-22;1-2-3-4-5-6-7-8-9-10-11-12-13-14-15-16-17-18(19)20;1-4(6)2-3-5;;/h20,22-23H,2-19H2,1H3;2-17H2,1H3,(H,19,20);4-6H,2-3H2,1H3;;1H2/q;;;+1;/p-1. The normalized spacial score (nSPS) is 11.5. The molecule has 0 aromatic carbocycles. The minimum absolute atomic E-state index is 0. The number of aliphatic carboxylic acids is 1. The Morgan fingerprint density at radius 2 is 0.792 bits per heavy atom. The fourth-order valence-corrected chi connectivity index (χ4v) is 5.79. The van der Waals surface area contributed by atoms with Crippen LogP contribution < -0.4 is 29.6 Å². The van der Waals surface area contributed by atoms with Crippen molar-refractivity contribution in [2.24, 2.45) is 0 Å². The molecule has 0 rings (SSSR count). The molecule has 0 aromatic rings. The van der Waals surface area contributed by atoms with Crippen LogP contribution in [-0.2, 0) is 14.3 Å². The number of hydrogen-bond acceptors (Lipinski definition) is 8. The van der Waals surface area contributed by atoms with Gasteiger partial charge in [-0.15, -0.1) is 0 Å². The average Bonchev–Trinajstić information content (AvgIpc) is 3.11. The Hall–Kier alpha value is -0.260. The molecule has 0 bridgehead atoms. The molecule has 0 radical (unpaired) electrons. The number of aliphatic hydroxyl groups is 4. The first-order valence-corrected chi connectivity index (χ1v) is 21.7. The summed E-state index contributed by atoms with van der Waals surface area (Å²) in [5.74, 6) is -0.929. The van der Waals surface area contributed by atoms with Gasteiger partial charge in [-0.05, 0) is 26.2 Å². The average molecular weight is 773 g/mol. The van der Waals surface area contributed by atoms with Crippen LogP contribution in [0.2, 0.25) is 0 Å². The van der Waals surface area contributed by atoms with Gasteiger partial charge in [-0.3, -0.25) is 9.59 Å². The molecular formula is C43H89NaO9. The third-order valence-corrected chi connectivity index (χ3v) is 9.17. The van der Waals surface area contributed by atoms with Gasteiger partial charge < -0.3 is 35.7 Å². The van der Waals surface area contributed by atoms with Gasteiger partial charge in [0.2, 0.25) is 0 Å². The fourth-order valence-electron chi connectivity index (χ4n) is 5.79. The summed E-state index contributed by atoms with van der Waals surface area (Å²) in [6, 6.07) is 0. The van der Waals surface area contributed by atoms with E-state index in [1.807, 2.05) is 0 Å². The van der Waals surface area contributed by atoms with Crippen molar-refractivity contribution < 1.29 is 74.9 Å². The SMILES string of the molecule is CC(O)CCO.CCCCCCCCCCCCCCCCCC(=O)O.CCCCCCCCCCCCCCCCCC(=O)OCC(O)CO.[Na+].[OH-]. The van der Waals surface area contributed by atoms with Crippen molar-refractivity contribution in [3.8, 4) is 0 Å². The molecule has 0 aromatic heterocycles. The molecule has 0 aliphatic rings. The van der Waals surface area contributed by atoms with Crippen LogP contribution in [0.25, 0.3) is 0 Å². The van der Waals surface area contributed by atoms with Crippen LogP contribution in [0.1, 0.15) is 233 Å². The topological polar surface area (TPSA) is 175 Å². The third kappa shape index (κ3) is 66.9. The van der Waals surface area contributed by atoms with Crippen molar-refractivity contribution in [2.75, 3.05) is 19.8 Å². The van der Waals surface area contributed by atoms with Crippen LogP contribution in [0.15, 0.2) is 0 Å². The number of aliphatic hydroxyl groups excluding tert-OH is 4. The van der Waals surface area contributed by atoms with Crippen molar-refractivity contribution in [3.05, 3.63) is 0 Å². The first-order valence-electron chi connectivity index (χ1n) is 21.7. The van der Waals surface area contributed by atoms with Gasteiger partial charge in [0.05, 0.1) is 12.7 Å². The van der Waals surface area contributed by atoms with E-state index >= 15 is 0 Å². The Bertz CT molecular complexity index is 668. The summed E-state index contributed by atoms with van der Waals surface area (Å²) in [5.41, 5.74) is 0. The molecule has 9 nitrogen and oxygen atoms in total. The molecule has 10 heteroatoms. The first kappa shape index (κ1) is 61.9. The summed E-state index contributed by atoms with van der Waals surface area (Å²) in [4.78, 5) is 21.7. The van der Waals surface area contributed by atoms with E-state index in [1.54, 1.807) is 6.92 Å². The molecule has 0 amide bonds. The Morgan fingerprint density at radius 3 is 1.02 bits per heavy atom. The van der Waals surface area contributed by atoms with E-state index in [2.05, 4.69) is 13.8 Å². The predicted molar refractivity (Wildman–Crippen MR) is 216 cm³/mol. The van der Waals surface area contributed by atoms with Crippen LogP contribution in [0.3, 0.4) is 0 Å². The first-order chi connectivity index (χ1) is 24.7. The number of esters is 1. The maximum atomic E-state index is 11.4. The van der Waals surface area contributed by atoms with E-state index in [-0.39, 0.29) is 66.9 Å². The van der Waals surface area contributed by atoms with Crippen molar-refractivity contribution in [1.82, 2.24) is 0 Å². The van der Waals surface area contributed by atoms with Gasteiger partial charge in [-0.1, -0.05) is 194 Å². The zero-order valence-corrected chi connectivity index (χ0v) is 37.5. The molecule has 0 saturated heterocycles. The van der Waals surface area contributed by atoms with Crippen molar-refractivity contribution in [3.63, 3.8) is 0 Å². The number of hydrogen-bond donors (Lipinski definition) is 5. The number of carbonyl (C=O) groups is 2. The number of rotatable bonds is 37. The van der Waals surface area contributed by atoms with Gasteiger partial charge in [0, 0.05) is 19.4 Å². The van der Waals surface area contributed by atoms with Crippen LogP contribution >= 0.6 is 0 Å². The van der Waals surface area contributed by atoms with Gasteiger partial charge >= 0.3 is 41.5 Å². The summed E-state index contributed by atoms with van der Waals surface area (Å²) in [7, 11) is 0. The van der Waals surface area contributed by atoms with Gasteiger partial charge in [0.15, 0.2) is 0 Å². The molecule has 2 unspecified atom stereocenters. The summed E-state index contributed by atoms with van der Waals surface area (Å²) in [5, 5.41) is 42.7. The second kappa shape index (κ2) is 56.1. The zero-order chi connectivity index (χ0) is 38.5. The molecule has 0 aliphatic heterocycles. The predicted octanol–water partition coefficient (Wildman–Crippen LogP) is 8.05. The molecule has 6 N–H and O–H groups in total. The van der Waals surface area contributed by atoms with Crippen LogP contribution in [-0.4, -0.2) is 75.0 Å². The number of carbonyl (C=O) groups excluding carboxylic acids is 1. The molecular weight excluding hydrogens is 683 g/mol. The summed E-state index contributed by atoms with van der Waals surface area (Å²) in [6.45, 7) is 5.79. The van der Waals surface area contributed by atoms with Crippen LogP contribution in [0.5, 0.6) is 0 Å². The quantitative estimate of drug-likeness (QED) is 0.0238. The smallest absolute Gasteiger partial charge is 0.870 e. The van der Waals surface area contributed by atoms with Gasteiger partial charge in [0.25, 0.3) is 0 Å².